The maximum atomic E-state index is 12.5. The summed E-state index contributed by atoms with van der Waals surface area (Å²) in [5.74, 6) is -1.20. The number of rotatable bonds is 5. The van der Waals surface area contributed by atoms with Crippen molar-refractivity contribution in [3.05, 3.63) is 52.9 Å². The number of carboxylic acids is 1. The van der Waals surface area contributed by atoms with E-state index >= 15 is 0 Å². The Morgan fingerprint density at radius 1 is 1.35 bits per heavy atom. The second-order valence-electron chi connectivity index (χ2n) is 5.93. The maximum Gasteiger partial charge on any atom is 0.319 e. The minimum absolute atomic E-state index is 0.219. The number of carboxylic acid groups (broad SMARTS) is 1. The summed E-state index contributed by atoms with van der Waals surface area (Å²) in [6, 6.07) is 9.28. The predicted octanol–water partition coefficient (Wildman–Crippen LogP) is 2.17. The first kappa shape index (κ1) is 15.3. The Balaban J connectivity index is 1.76. The van der Waals surface area contributed by atoms with Crippen LogP contribution in [0.25, 0.3) is 0 Å². The van der Waals surface area contributed by atoms with Crippen LogP contribution in [-0.4, -0.2) is 22.1 Å². The van der Waals surface area contributed by atoms with E-state index in [9.17, 15) is 14.7 Å². The van der Waals surface area contributed by atoms with Crippen molar-refractivity contribution in [3.63, 3.8) is 0 Å². The average Bonchev–Trinajstić information content (AvgIpc) is 3.23. The lowest BCUT2D eigenvalue weighted by Gasteiger charge is -2.13. The highest BCUT2D eigenvalue weighted by Gasteiger charge is 2.66. The molecule has 23 heavy (non-hydrogen) atoms. The first-order valence-corrected chi connectivity index (χ1v) is 7.45. The van der Waals surface area contributed by atoms with Crippen LogP contribution in [0.4, 0.5) is 0 Å². The summed E-state index contributed by atoms with van der Waals surface area (Å²) in [6.07, 6.45) is 0.319. The Bertz CT molecular complexity index is 734. The van der Waals surface area contributed by atoms with E-state index in [1.165, 1.54) is 0 Å². The number of carbonyl (C=O) groups is 2. The number of aryl methyl sites for hydroxylation is 2. The lowest BCUT2D eigenvalue weighted by Crippen LogP contribution is -2.38. The van der Waals surface area contributed by atoms with Crippen LogP contribution in [0.1, 0.15) is 34.9 Å². The summed E-state index contributed by atoms with van der Waals surface area (Å²) < 4.78 is 5.05. The molecular formula is C17H18N2O4. The van der Waals surface area contributed by atoms with Gasteiger partial charge < -0.3 is 14.9 Å². The predicted molar refractivity (Wildman–Crippen MR) is 81.7 cm³/mol. The fraction of sp³-hybridized carbons (Fsp3) is 0.353. The number of amides is 1. The van der Waals surface area contributed by atoms with Crippen LogP contribution in [0.2, 0.25) is 0 Å². The fourth-order valence-corrected chi connectivity index (χ4v) is 3.02. The minimum Gasteiger partial charge on any atom is -0.480 e. The standard InChI is InChI=1S/C17H18N2O4/c1-10-13(11(2)23-19-10)9-18-15(20)17(16(21)22)8-14(17)12-6-4-3-5-7-12/h3-7,14H,8-9H2,1-2H3,(H,18,20)(H,21,22). The third-order valence-electron chi connectivity index (χ3n) is 4.56. The number of aromatic nitrogens is 1. The SMILES string of the molecule is Cc1noc(C)c1CNC(=O)C1(C(=O)O)CC1c1ccccc1. The molecule has 1 saturated carbocycles. The fourth-order valence-electron chi connectivity index (χ4n) is 3.02. The van der Waals surface area contributed by atoms with Gasteiger partial charge in [0.1, 0.15) is 5.76 Å². The van der Waals surface area contributed by atoms with Gasteiger partial charge >= 0.3 is 5.97 Å². The number of nitrogens with zero attached hydrogens (tertiary/aromatic N) is 1. The maximum absolute atomic E-state index is 12.5. The topological polar surface area (TPSA) is 92.4 Å². The quantitative estimate of drug-likeness (QED) is 0.825. The molecule has 120 valence electrons. The molecule has 0 spiro atoms. The van der Waals surface area contributed by atoms with Crippen molar-refractivity contribution < 1.29 is 19.2 Å². The van der Waals surface area contributed by atoms with E-state index in [2.05, 4.69) is 10.5 Å². The highest BCUT2D eigenvalue weighted by molar-refractivity contribution is 6.06. The van der Waals surface area contributed by atoms with Crippen LogP contribution in [0.15, 0.2) is 34.9 Å². The molecule has 3 rings (SSSR count). The third-order valence-corrected chi connectivity index (χ3v) is 4.56. The average molecular weight is 314 g/mol. The summed E-state index contributed by atoms with van der Waals surface area (Å²) in [6.45, 7) is 3.77. The molecule has 1 aromatic carbocycles. The highest BCUT2D eigenvalue weighted by Crippen LogP contribution is 2.59. The zero-order valence-corrected chi connectivity index (χ0v) is 13.0. The van der Waals surface area contributed by atoms with Crippen LogP contribution in [0, 0.1) is 19.3 Å². The van der Waals surface area contributed by atoms with Gasteiger partial charge in [0, 0.05) is 18.0 Å². The van der Waals surface area contributed by atoms with Gasteiger partial charge in [-0.2, -0.15) is 0 Å². The smallest absolute Gasteiger partial charge is 0.319 e. The van der Waals surface area contributed by atoms with Gasteiger partial charge in [0.05, 0.1) is 5.69 Å². The number of nitrogens with one attached hydrogen (secondary N) is 1. The largest absolute Gasteiger partial charge is 0.480 e. The van der Waals surface area contributed by atoms with E-state index in [0.717, 1.165) is 11.1 Å². The van der Waals surface area contributed by atoms with Gasteiger partial charge in [0.15, 0.2) is 5.41 Å². The molecule has 1 amide bonds. The molecule has 1 aromatic heterocycles. The molecule has 1 fully saturated rings. The molecule has 6 heteroatoms. The van der Waals surface area contributed by atoms with Crippen molar-refractivity contribution >= 4 is 11.9 Å². The molecule has 2 aromatic rings. The van der Waals surface area contributed by atoms with E-state index in [0.29, 0.717) is 17.9 Å². The lowest BCUT2D eigenvalue weighted by atomic mass is 9.98. The molecule has 2 atom stereocenters. The van der Waals surface area contributed by atoms with E-state index in [4.69, 9.17) is 4.52 Å². The minimum atomic E-state index is -1.37. The molecule has 6 nitrogen and oxygen atoms in total. The Kier molecular flexibility index (Phi) is 3.67. The number of carbonyl (C=O) groups excluding carboxylic acids is 1. The van der Waals surface area contributed by atoms with Gasteiger partial charge in [-0.25, -0.2) is 0 Å². The van der Waals surface area contributed by atoms with Gasteiger partial charge in [-0.05, 0) is 25.8 Å². The number of aliphatic carboxylic acids is 1. The normalized spacial score (nSPS) is 22.6. The molecule has 0 aliphatic heterocycles. The Morgan fingerprint density at radius 2 is 2.04 bits per heavy atom. The number of hydrogen-bond donors (Lipinski definition) is 2. The lowest BCUT2D eigenvalue weighted by molar-refractivity contribution is -0.149. The monoisotopic (exact) mass is 314 g/mol. The van der Waals surface area contributed by atoms with E-state index in [-0.39, 0.29) is 12.5 Å². The molecule has 0 radical (unpaired) electrons. The number of benzene rings is 1. The summed E-state index contributed by atoms with van der Waals surface area (Å²) in [4.78, 5) is 24.2. The molecule has 2 N–H and O–H groups in total. The van der Waals surface area contributed by atoms with E-state index in [1.54, 1.807) is 13.8 Å². The van der Waals surface area contributed by atoms with Crippen molar-refractivity contribution in [2.24, 2.45) is 5.41 Å². The van der Waals surface area contributed by atoms with Gasteiger partial charge in [-0.3, -0.25) is 9.59 Å². The highest BCUT2D eigenvalue weighted by atomic mass is 16.5. The molecule has 1 aliphatic carbocycles. The molecule has 0 bridgehead atoms. The Hall–Kier alpha value is -2.63. The first-order chi connectivity index (χ1) is 11.0. The Labute approximate surface area is 133 Å². The molecule has 2 unspecified atom stereocenters. The second-order valence-corrected chi connectivity index (χ2v) is 5.93. The van der Waals surface area contributed by atoms with Crippen LogP contribution in [0.3, 0.4) is 0 Å². The van der Waals surface area contributed by atoms with Crippen molar-refractivity contribution in [3.8, 4) is 0 Å². The molecule has 1 heterocycles. The first-order valence-electron chi connectivity index (χ1n) is 7.45. The van der Waals surface area contributed by atoms with Crippen LogP contribution >= 0.6 is 0 Å². The van der Waals surface area contributed by atoms with Crippen molar-refractivity contribution in [1.82, 2.24) is 10.5 Å². The third kappa shape index (κ3) is 2.50. The van der Waals surface area contributed by atoms with Gasteiger partial charge in [0.2, 0.25) is 5.91 Å². The molecule has 1 aliphatic rings. The van der Waals surface area contributed by atoms with Gasteiger partial charge in [-0.1, -0.05) is 35.5 Å². The summed E-state index contributed by atoms with van der Waals surface area (Å²) >= 11 is 0. The van der Waals surface area contributed by atoms with E-state index < -0.39 is 17.3 Å². The number of hydrogen-bond acceptors (Lipinski definition) is 4. The van der Waals surface area contributed by atoms with Crippen LogP contribution in [-0.2, 0) is 16.1 Å². The van der Waals surface area contributed by atoms with Crippen molar-refractivity contribution in [2.45, 2.75) is 32.7 Å². The summed E-state index contributed by atoms with van der Waals surface area (Å²) in [7, 11) is 0. The zero-order valence-electron chi connectivity index (χ0n) is 13.0. The van der Waals surface area contributed by atoms with Crippen LogP contribution < -0.4 is 5.32 Å². The van der Waals surface area contributed by atoms with Crippen LogP contribution in [0.5, 0.6) is 0 Å². The van der Waals surface area contributed by atoms with E-state index in [1.807, 2.05) is 30.3 Å². The Morgan fingerprint density at radius 3 is 2.61 bits per heavy atom. The second kappa shape index (κ2) is 5.53. The molecular weight excluding hydrogens is 296 g/mol. The van der Waals surface area contributed by atoms with Crippen molar-refractivity contribution in [2.75, 3.05) is 0 Å². The van der Waals surface area contributed by atoms with Gasteiger partial charge in [0.25, 0.3) is 0 Å². The van der Waals surface area contributed by atoms with Crippen molar-refractivity contribution in [1.29, 1.82) is 0 Å². The molecule has 0 saturated heterocycles. The summed E-state index contributed by atoms with van der Waals surface area (Å²) in [5, 5.41) is 16.1. The zero-order chi connectivity index (χ0) is 16.6. The van der Waals surface area contributed by atoms with Gasteiger partial charge in [-0.15, -0.1) is 0 Å². The summed E-state index contributed by atoms with van der Waals surface area (Å²) in [5.41, 5.74) is 0.987.